The Morgan fingerprint density at radius 1 is 1.42 bits per heavy atom. The van der Waals surface area contributed by atoms with E-state index in [9.17, 15) is 4.79 Å². The van der Waals surface area contributed by atoms with Crippen molar-refractivity contribution in [2.45, 2.75) is 6.54 Å². The van der Waals surface area contributed by atoms with E-state index < -0.39 is 0 Å². The highest BCUT2D eigenvalue weighted by molar-refractivity contribution is 9.10. The van der Waals surface area contributed by atoms with Gasteiger partial charge in [0, 0.05) is 32.0 Å². The van der Waals surface area contributed by atoms with Gasteiger partial charge < -0.3 is 15.8 Å². The lowest BCUT2D eigenvalue weighted by Crippen LogP contribution is -2.22. The molecule has 0 aliphatic heterocycles. The SMILES string of the molecule is COc1cc(N)cc(C(=O)NCc2cc(Br)cs2)c1. The maximum atomic E-state index is 12.0. The molecular weight excluding hydrogens is 328 g/mol. The first-order chi connectivity index (χ1) is 9.08. The van der Waals surface area contributed by atoms with E-state index in [1.165, 1.54) is 0 Å². The van der Waals surface area contributed by atoms with Crippen LogP contribution in [0.15, 0.2) is 34.1 Å². The molecule has 0 saturated heterocycles. The molecule has 6 heteroatoms. The van der Waals surface area contributed by atoms with E-state index in [1.54, 1.807) is 36.6 Å². The molecule has 0 aliphatic rings. The van der Waals surface area contributed by atoms with Crippen LogP contribution in [0.25, 0.3) is 0 Å². The van der Waals surface area contributed by atoms with Crippen molar-refractivity contribution in [1.29, 1.82) is 0 Å². The Hall–Kier alpha value is -1.53. The van der Waals surface area contributed by atoms with Gasteiger partial charge in [0.25, 0.3) is 5.91 Å². The van der Waals surface area contributed by atoms with Gasteiger partial charge in [-0.05, 0) is 34.1 Å². The van der Waals surface area contributed by atoms with Crippen molar-refractivity contribution < 1.29 is 9.53 Å². The average Bonchev–Trinajstić information content (AvgIpc) is 2.81. The lowest BCUT2D eigenvalue weighted by molar-refractivity contribution is 0.0951. The van der Waals surface area contributed by atoms with Crippen molar-refractivity contribution in [3.05, 3.63) is 44.6 Å². The number of amides is 1. The molecule has 1 aromatic carbocycles. The molecule has 2 aromatic rings. The number of nitrogens with one attached hydrogen (secondary N) is 1. The molecule has 2 rings (SSSR count). The van der Waals surface area contributed by atoms with Crippen molar-refractivity contribution in [2.24, 2.45) is 0 Å². The first kappa shape index (κ1) is 13.9. The van der Waals surface area contributed by atoms with E-state index in [2.05, 4.69) is 21.2 Å². The molecule has 1 aromatic heterocycles. The van der Waals surface area contributed by atoms with Crippen LogP contribution in [0.1, 0.15) is 15.2 Å². The van der Waals surface area contributed by atoms with E-state index in [0.29, 0.717) is 23.5 Å². The summed E-state index contributed by atoms with van der Waals surface area (Å²) >= 11 is 4.96. The standard InChI is InChI=1S/C13H13BrN2O2S/c1-18-11-3-8(2-10(15)5-11)13(17)16-6-12-4-9(14)7-19-12/h2-5,7H,6,15H2,1H3,(H,16,17). The molecule has 100 valence electrons. The third-order valence-electron chi connectivity index (χ3n) is 2.47. The van der Waals surface area contributed by atoms with Crippen LogP contribution in [0.5, 0.6) is 5.75 Å². The number of methoxy groups -OCH3 is 1. The summed E-state index contributed by atoms with van der Waals surface area (Å²) in [6.45, 7) is 0.492. The van der Waals surface area contributed by atoms with Crippen LogP contribution in [0.2, 0.25) is 0 Å². The van der Waals surface area contributed by atoms with Gasteiger partial charge in [0.05, 0.1) is 13.7 Å². The van der Waals surface area contributed by atoms with Crippen molar-refractivity contribution in [3.63, 3.8) is 0 Å². The molecule has 4 nitrogen and oxygen atoms in total. The predicted octanol–water partition coefficient (Wildman–Crippen LogP) is 3.03. The molecule has 0 unspecified atom stereocenters. The molecule has 0 aliphatic carbocycles. The minimum atomic E-state index is -0.171. The topological polar surface area (TPSA) is 64.3 Å². The number of nitrogen functional groups attached to an aromatic ring is 1. The summed E-state index contributed by atoms with van der Waals surface area (Å²) in [4.78, 5) is 13.1. The number of hydrogen-bond acceptors (Lipinski definition) is 4. The number of carbonyl (C=O) groups excluding carboxylic acids is 1. The van der Waals surface area contributed by atoms with Crippen LogP contribution in [0, 0.1) is 0 Å². The van der Waals surface area contributed by atoms with Gasteiger partial charge in [0.2, 0.25) is 0 Å². The van der Waals surface area contributed by atoms with E-state index in [-0.39, 0.29) is 5.91 Å². The van der Waals surface area contributed by atoms with Crippen molar-refractivity contribution in [3.8, 4) is 5.75 Å². The van der Waals surface area contributed by atoms with Crippen molar-refractivity contribution in [2.75, 3.05) is 12.8 Å². The molecule has 0 bridgehead atoms. The second-order valence-corrected chi connectivity index (χ2v) is 5.82. The van der Waals surface area contributed by atoms with Crippen LogP contribution in [-0.2, 0) is 6.54 Å². The zero-order chi connectivity index (χ0) is 13.8. The summed E-state index contributed by atoms with van der Waals surface area (Å²) in [5.74, 6) is 0.402. The zero-order valence-corrected chi connectivity index (χ0v) is 12.7. The van der Waals surface area contributed by atoms with Crippen LogP contribution < -0.4 is 15.8 Å². The fraction of sp³-hybridized carbons (Fsp3) is 0.154. The number of carbonyl (C=O) groups is 1. The number of nitrogens with two attached hydrogens (primary N) is 1. The summed E-state index contributed by atoms with van der Waals surface area (Å²) in [5, 5.41) is 4.82. The van der Waals surface area contributed by atoms with Gasteiger partial charge in [-0.3, -0.25) is 4.79 Å². The molecule has 0 fully saturated rings. The number of anilines is 1. The first-order valence-corrected chi connectivity index (χ1v) is 7.21. The summed E-state index contributed by atoms with van der Waals surface area (Å²) in [6, 6.07) is 6.94. The molecule has 1 amide bonds. The third kappa shape index (κ3) is 3.71. The number of benzene rings is 1. The zero-order valence-electron chi connectivity index (χ0n) is 10.3. The fourth-order valence-electron chi connectivity index (χ4n) is 1.59. The summed E-state index contributed by atoms with van der Waals surface area (Å²) < 4.78 is 6.11. The van der Waals surface area contributed by atoms with E-state index >= 15 is 0 Å². The fourth-order valence-corrected chi connectivity index (χ4v) is 2.98. The van der Waals surface area contributed by atoms with Crippen molar-refractivity contribution >= 4 is 38.9 Å². The number of halogens is 1. The Kier molecular flexibility index (Phi) is 4.44. The van der Waals surface area contributed by atoms with Crippen LogP contribution in [-0.4, -0.2) is 13.0 Å². The highest BCUT2D eigenvalue weighted by Gasteiger charge is 2.08. The number of thiophene rings is 1. The second-order valence-electron chi connectivity index (χ2n) is 3.91. The van der Waals surface area contributed by atoms with Gasteiger partial charge in [-0.25, -0.2) is 0 Å². The molecule has 19 heavy (non-hydrogen) atoms. The van der Waals surface area contributed by atoms with Gasteiger partial charge in [0.1, 0.15) is 5.75 Å². The smallest absolute Gasteiger partial charge is 0.251 e. The van der Waals surface area contributed by atoms with Crippen LogP contribution in [0.3, 0.4) is 0 Å². The lowest BCUT2D eigenvalue weighted by Gasteiger charge is -2.07. The van der Waals surface area contributed by atoms with E-state index in [1.807, 2.05) is 11.4 Å². The highest BCUT2D eigenvalue weighted by atomic mass is 79.9. The Bertz CT molecular complexity index is 598. The van der Waals surface area contributed by atoms with Gasteiger partial charge in [-0.2, -0.15) is 0 Å². The van der Waals surface area contributed by atoms with Crippen LogP contribution in [0.4, 0.5) is 5.69 Å². The molecule has 0 spiro atoms. The van der Waals surface area contributed by atoms with E-state index in [0.717, 1.165) is 9.35 Å². The van der Waals surface area contributed by atoms with Gasteiger partial charge in [0.15, 0.2) is 0 Å². The molecule has 0 atom stereocenters. The third-order valence-corrected chi connectivity index (χ3v) is 4.17. The number of rotatable bonds is 4. The van der Waals surface area contributed by atoms with Gasteiger partial charge in [-0.1, -0.05) is 0 Å². The monoisotopic (exact) mass is 340 g/mol. The van der Waals surface area contributed by atoms with Gasteiger partial charge in [-0.15, -0.1) is 11.3 Å². The predicted molar refractivity (Wildman–Crippen MR) is 80.6 cm³/mol. The maximum Gasteiger partial charge on any atom is 0.251 e. The largest absolute Gasteiger partial charge is 0.497 e. The first-order valence-electron chi connectivity index (χ1n) is 5.54. The minimum Gasteiger partial charge on any atom is -0.497 e. The second kappa shape index (κ2) is 6.08. The molecule has 0 saturated carbocycles. The van der Waals surface area contributed by atoms with E-state index in [4.69, 9.17) is 10.5 Å². The molecule has 3 N–H and O–H groups in total. The summed E-state index contributed by atoms with van der Waals surface area (Å²) in [6.07, 6.45) is 0. The molecular formula is C13H13BrN2O2S. The average molecular weight is 341 g/mol. The number of hydrogen-bond donors (Lipinski definition) is 2. The Morgan fingerprint density at radius 3 is 2.84 bits per heavy atom. The molecule has 1 heterocycles. The molecule has 0 radical (unpaired) electrons. The lowest BCUT2D eigenvalue weighted by atomic mass is 10.1. The minimum absolute atomic E-state index is 0.171. The quantitative estimate of drug-likeness (QED) is 0.840. The normalized spacial score (nSPS) is 10.2. The van der Waals surface area contributed by atoms with Crippen LogP contribution >= 0.6 is 27.3 Å². The highest BCUT2D eigenvalue weighted by Crippen LogP contribution is 2.20. The summed E-state index contributed by atoms with van der Waals surface area (Å²) in [7, 11) is 1.54. The maximum absolute atomic E-state index is 12.0. The number of ether oxygens (including phenoxy) is 1. The Morgan fingerprint density at radius 2 is 2.21 bits per heavy atom. The Labute approximate surface area is 123 Å². The van der Waals surface area contributed by atoms with Crippen molar-refractivity contribution in [1.82, 2.24) is 5.32 Å². The summed E-state index contributed by atoms with van der Waals surface area (Å²) in [5.41, 5.74) is 6.72. The van der Waals surface area contributed by atoms with Gasteiger partial charge >= 0.3 is 0 Å². The Balaban J connectivity index is 2.05.